The molecule has 0 aliphatic heterocycles. The van der Waals surface area contributed by atoms with Gasteiger partial charge >= 0.3 is 0 Å². The van der Waals surface area contributed by atoms with E-state index in [0.29, 0.717) is 0 Å². The largest absolute Gasteiger partial charge is 0.0654 e. The van der Waals surface area contributed by atoms with Gasteiger partial charge in [0.15, 0.2) is 0 Å². The predicted octanol–water partition coefficient (Wildman–Crippen LogP) is 6.15. The maximum absolute atomic E-state index is 8.29. The van der Waals surface area contributed by atoms with E-state index in [1.165, 1.54) is 0 Å². The smallest absolute Gasteiger partial charge is 0.0626 e. The molecule has 0 spiro atoms. The van der Waals surface area contributed by atoms with Crippen LogP contribution in [0.3, 0.4) is 0 Å². The molecule has 0 N–H and O–H groups in total. The van der Waals surface area contributed by atoms with E-state index in [-0.39, 0.29) is 0 Å². The molecule has 0 radical (unpaired) electrons. The van der Waals surface area contributed by atoms with Crippen molar-refractivity contribution in [1.82, 2.24) is 0 Å². The van der Waals surface area contributed by atoms with E-state index in [1.54, 1.807) is 0 Å². The molecule has 0 aromatic heterocycles. The highest BCUT2D eigenvalue weighted by Crippen LogP contribution is 2.12. The summed E-state index contributed by atoms with van der Waals surface area (Å²) in [6.45, 7) is -4.06. The molecule has 0 aliphatic carbocycles. The van der Waals surface area contributed by atoms with Crippen LogP contribution in [0.15, 0.2) is 30.2 Å². The summed E-state index contributed by atoms with van der Waals surface area (Å²) in [5.74, 6) is 0. The Kier molecular flexibility index (Phi) is 1.28. The summed E-state index contributed by atoms with van der Waals surface area (Å²) in [7, 11) is 0. The first-order valence-electron chi connectivity index (χ1n) is 19.5. The number of hydrogen-bond donors (Lipinski definition) is 0. The average molecular weight is 277 g/mol. The third-order valence-corrected chi connectivity index (χ3v) is 1.25. The molecular formula is C18H30. The summed E-state index contributed by atoms with van der Waals surface area (Å²) >= 11 is 0. The fourth-order valence-electron chi connectivity index (χ4n) is 0.656. The maximum Gasteiger partial charge on any atom is 0.0626 e. The van der Waals surface area contributed by atoms with Gasteiger partial charge in [0.2, 0.25) is 0 Å². The Labute approximate surface area is 156 Å². The first-order valence-corrected chi connectivity index (χ1v) is 4.50. The van der Waals surface area contributed by atoms with Gasteiger partial charge < -0.3 is 0 Å². The van der Waals surface area contributed by atoms with E-state index in [0.717, 1.165) is 0 Å². The molecule has 0 atom stereocenters. The molecule has 0 amide bonds. The minimum atomic E-state index is -4.96. The predicted molar refractivity (Wildman–Crippen MR) is 82.0 cm³/mol. The third kappa shape index (κ3) is 8.33. The molecule has 0 fully saturated rings. The van der Waals surface area contributed by atoms with Gasteiger partial charge in [-0.05, 0) is 18.3 Å². The fraction of sp³-hybridized carbons (Fsp3) is 0.667. The first-order chi connectivity index (χ1) is 20.4. The van der Waals surface area contributed by atoms with Crippen molar-refractivity contribution in [3.05, 3.63) is 35.8 Å². The highest BCUT2D eigenvalue weighted by Gasteiger charge is 1.94. The Balaban J connectivity index is 4.06. The van der Waals surface area contributed by atoms with Crippen LogP contribution in [-0.2, 0) is 6.37 Å². The van der Waals surface area contributed by atoms with Crippen LogP contribution >= 0.6 is 0 Å². The van der Waals surface area contributed by atoms with E-state index >= 15 is 0 Å². The van der Waals surface area contributed by atoms with Gasteiger partial charge in [-0.25, -0.2) is 0 Å². The maximum atomic E-state index is 8.29. The highest BCUT2D eigenvalue weighted by molar-refractivity contribution is 5.14. The van der Waals surface area contributed by atoms with Crippen molar-refractivity contribution >= 4 is 0 Å². The second-order valence-electron chi connectivity index (χ2n) is 2.38. The lowest BCUT2D eigenvalue weighted by Gasteiger charge is -2.03. The Morgan fingerprint density at radius 2 is 1.39 bits per heavy atom. The summed E-state index contributed by atoms with van der Waals surface area (Å²) in [6.07, 6.45) is -51.8. The van der Waals surface area contributed by atoms with Crippen molar-refractivity contribution in [3.63, 3.8) is 0 Å². The van der Waals surface area contributed by atoms with Gasteiger partial charge in [0.25, 0.3) is 0 Å². The Bertz CT molecular complexity index is 1360. The molecular weight excluding hydrogens is 216 g/mol. The zero-order chi connectivity index (χ0) is 39.5. The average Bonchev–Trinajstić information content (AvgIpc) is 2.88. The molecule has 1 aromatic rings. The molecule has 0 heteroatoms. The topological polar surface area (TPSA) is 0 Å². The zero-order valence-electron chi connectivity index (χ0n) is 39.0. The molecule has 0 unspecified atom stereocenters. The monoisotopic (exact) mass is 276 g/mol. The van der Waals surface area contributed by atoms with Crippen molar-refractivity contribution in [2.24, 2.45) is 0 Å². The molecule has 0 aliphatic rings. The van der Waals surface area contributed by atoms with Crippen LogP contribution in [0, 0.1) is 0 Å². The van der Waals surface area contributed by atoms with E-state index in [9.17, 15) is 0 Å². The summed E-state index contributed by atoms with van der Waals surface area (Å²) < 4.78 is 239. The van der Waals surface area contributed by atoms with Crippen LogP contribution in [0.5, 0.6) is 0 Å². The molecule has 18 heavy (non-hydrogen) atoms. The van der Waals surface area contributed by atoms with Crippen LogP contribution in [0.25, 0.3) is 0 Å². The summed E-state index contributed by atoms with van der Waals surface area (Å²) in [5.41, 5.74) is -1.58. The SMILES string of the molecule is [2H]c1c([2H])c([2H])c(C([2H])([2H])C([2H])([2H])C([2H])([2H])C([2H])([2H])C([2H])([2H])C([2H])([2H])C([2H])([2H])C([2H])([2H])C([2H])([2H])C([2H])([2H])C([2H])([2H])C([2H])([2H])[2H])c([2H])c1[2H]. The Morgan fingerprint density at radius 1 is 0.833 bits per heavy atom. The lowest BCUT2D eigenvalue weighted by atomic mass is 10.0. The van der Waals surface area contributed by atoms with Gasteiger partial charge in [-0.3, -0.25) is 0 Å². The molecule has 0 heterocycles. The molecule has 102 valence electrons. The van der Waals surface area contributed by atoms with E-state index < -0.39 is 113 Å². The van der Waals surface area contributed by atoms with Crippen molar-refractivity contribution in [2.45, 2.75) is 77.0 Å². The Morgan fingerprint density at radius 3 is 2.00 bits per heavy atom. The van der Waals surface area contributed by atoms with Gasteiger partial charge in [-0.2, -0.15) is 0 Å². The van der Waals surface area contributed by atoms with Crippen molar-refractivity contribution in [2.75, 3.05) is 0 Å². The molecule has 0 nitrogen and oxygen atoms in total. The number of benzene rings is 1. The first kappa shape index (κ1) is 2.03. The zero-order valence-corrected chi connectivity index (χ0v) is 9.00. The lowest BCUT2D eigenvalue weighted by Crippen LogP contribution is -1.86. The molecule has 1 rings (SSSR count). The third-order valence-electron chi connectivity index (χ3n) is 1.25. The second kappa shape index (κ2) is 11.3. The molecule has 1 aromatic carbocycles. The van der Waals surface area contributed by atoms with E-state index in [1.807, 2.05) is 0 Å². The summed E-state index contributed by atoms with van der Waals surface area (Å²) in [5, 5.41) is 0. The van der Waals surface area contributed by atoms with Gasteiger partial charge in [-0.15, -0.1) is 0 Å². The summed E-state index contributed by atoms with van der Waals surface area (Å²) in [6, 6.07) is -6.44. The molecule has 0 saturated carbocycles. The van der Waals surface area contributed by atoms with Crippen molar-refractivity contribution in [3.8, 4) is 0 Å². The molecule has 0 bridgehead atoms. The van der Waals surface area contributed by atoms with Gasteiger partial charge in [-0.1, -0.05) is 94.4 Å². The van der Waals surface area contributed by atoms with Crippen molar-refractivity contribution in [1.29, 1.82) is 0 Å². The van der Waals surface area contributed by atoms with Crippen LogP contribution in [-0.4, -0.2) is 0 Å². The van der Waals surface area contributed by atoms with E-state index in [4.69, 9.17) is 41.1 Å². The van der Waals surface area contributed by atoms with Gasteiger partial charge in [0.05, 0.1) is 6.85 Å². The number of rotatable bonds is 11. The fourth-order valence-corrected chi connectivity index (χ4v) is 0.656. The van der Waals surface area contributed by atoms with E-state index in [2.05, 4.69) is 0 Å². The lowest BCUT2D eigenvalue weighted by molar-refractivity contribution is 0.556. The van der Waals surface area contributed by atoms with Crippen LogP contribution in [0.2, 0.25) is 0 Å². The highest BCUT2D eigenvalue weighted by atomic mass is 14.0. The summed E-state index contributed by atoms with van der Waals surface area (Å²) in [4.78, 5) is 0. The van der Waals surface area contributed by atoms with Crippen LogP contribution in [0.4, 0.5) is 0 Å². The number of hydrogen-bond acceptors (Lipinski definition) is 0. The second-order valence-corrected chi connectivity index (χ2v) is 2.38. The standard InChI is InChI=1S/C18H30/c1-2-3-4-5-6-7-8-9-10-12-15-18-16-13-11-14-17-18/h11,13-14,16-17H,2-10,12,15H2,1H3/i1D3,2D2,3D2,4D2,5D2,6D2,7D2,8D2,9D2,10D2,11D,12D2,13D,14D,15D2,16D,17D. The van der Waals surface area contributed by atoms with Crippen LogP contribution < -0.4 is 0 Å². The minimum absolute atomic E-state index is 1.10. The Hall–Kier alpha value is -0.780. The minimum Gasteiger partial charge on any atom is -0.0654 e. The van der Waals surface area contributed by atoms with Crippen LogP contribution in [0.1, 0.15) is 117 Å². The van der Waals surface area contributed by atoms with Gasteiger partial charge in [0.1, 0.15) is 0 Å². The normalized spacial score (nSPS) is 44.7. The van der Waals surface area contributed by atoms with Crippen molar-refractivity contribution < 1.29 is 41.1 Å². The molecule has 0 saturated heterocycles. The van der Waals surface area contributed by atoms with Gasteiger partial charge in [0, 0.05) is 34.3 Å². The quantitative estimate of drug-likeness (QED) is 0.455.